The molecule has 2 heteroatoms. The summed E-state index contributed by atoms with van der Waals surface area (Å²) in [6, 6.07) is 0. The van der Waals surface area contributed by atoms with Gasteiger partial charge < -0.3 is 0 Å². The van der Waals surface area contributed by atoms with Gasteiger partial charge in [0, 0.05) is 0 Å². The van der Waals surface area contributed by atoms with Crippen LogP contribution < -0.4 is 0 Å². The fraction of sp³-hybridized carbons (Fsp3) is 0. The van der Waals surface area contributed by atoms with E-state index in [0.717, 1.165) is 0 Å². The van der Waals surface area contributed by atoms with Crippen molar-refractivity contribution in [3.63, 3.8) is 0 Å². The van der Waals surface area contributed by atoms with Gasteiger partial charge in [-0.3, -0.25) is 0 Å². The van der Waals surface area contributed by atoms with Crippen LogP contribution in [-0.2, 0) is 0 Å². The maximum absolute atomic E-state index is 6.07. The molecule has 0 atom stereocenters. The van der Waals surface area contributed by atoms with Crippen LogP contribution >= 0.6 is 0 Å². The Morgan fingerprint density at radius 1 is 2.00 bits per heavy atom. The Morgan fingerprint density at radius 3 is 2.60 bits per heavy atom. The molecule has 26 valence electrons. The van der Waals surface area contributed by atoms with Crippen LogP contribution in [-0.4, -0.2) is 0 Å². The number of hydrogen-bond donors (Lipinski definition) is 1. The molecule has 0 saturated heterocycles. The number of nitrogens with zero attached hydrogens (tertiary/aromatic N) is 1. The summed E-state index contributed by atoms with van der Waals surface area (Å²) in [6.45, 7) is 3.16. The van der Waals surface area contributed by atoms with Crippen LogP contribution in [0.1, 0.15) is 0 Å². The number of hydrogen-bond acceptors (Lipinski definition) is 2. The van der Waals surface area contributed by atoms with Gasteiger partial charge in [-0.15, -0.1) is 5.73 Å². The highest BCUT2D eigenvalue weighted by molar-refractivity contribution is 4.68. The van der Waals surface area contributed by atoms with E-state index in [0.29, 0.717) is 0 Å². The van der Waals surface area contributed by atoms with Gasteiger partial charge >= 0.3 is 0 Å². The zero-order valence-electron chi connectivity index (χ0n) is 2.73. The van der Waals surface area contributed by atoms with E-state index in [1.807, 2.05) is 0 Å². The Labute approximate surface area is 30.3 Å². The third-order valence-electron chi connectivity index (χ3n) is 0.156. The summed E-state index contributed by atoms with van der Waals surface area (Å²) in [7, 11) is 0. The highest BCUT2D eigenvalue weighted by Crippen LogP contribution is 1.57. The molecule has 0 aromatic heterocycles. The quantitative estimate of drug-likeness (QED) is 0.355. The summed E-state index contributed by atoms with van der Waals surface area (Å²) in [5.74, 6) is 0. The number of nitrogens with one attached hydrogen (secondary N) is 1. The van der Waals surface area contributed by atoms with Gasteiger partial charge in [-0.05, 0) is 0 Å². The Morgan fingerprint density at radius 2 is 2.60 bits per heavy atom. The van der Waals surface area contributed by atoms with Gasteiger partial charge in [0.25, 0.3) is 0 Å². The Bertz CT molecular complexity index is 69.0. The normalized spacial score (nSPS) is 4.80. The summed E-state index contributed by atoms with van der Waals surface area (Å²) in [5.41, 5.74) is 8.36. The second-order valence-electron chi connectivity index (χ2n) is 0.462. The van der Waals surface area contributed by atoms with E-state index in [1.54, 1.807) is 0 Å². The molecule has 0 aliphatic heterocycles. The predicted molar refractivity (Wildman–Crippen MR) is 18.9 cm³/mol. The third kappa shape index (κ3) is 3.12. The average Bonchev–Trinajstić information content (AvgIpc) is 1.41. The molecule has 2 nitrogen and oxygen atoms in total. The molecule has 0 unspecified atom stereocenters. The molecule has 0 amide bonds. The van der Waals surface area contributed by atoms with Crippen molar-refractivity contribution in [1.82, 2.24) is 0 Å². The van der Waals surface area contributed by atoms with Gasteiger partial charge in [0.1, 0.15) is 0 Å². The van der Waals surface area contributed by atoms with Crippen molar-refractivity contribution in [1.29, 1.82) is 5.53 Å². The first kappa shape index (κ1) is 4.12. The van der Waals surface area contributed by atoms with Crippen LogP contribution in [0.15, 0.2) is 23.6 Å². The standard InChI is InChI=1S/C3H4N2/c1-2-3-5-4/h3-4H,1H2. The van der Waals surface area contributed by atoms with Crippen LogP contribution in [0.4, 0.5) is 0 Å². The first-order valence-electron chi connectivity index (χ1n) is 1.12. The van der Waals surface area contributed by atoms with E-state index in [2.05, 4.69) is 17.4 Å². The van der Waals surface area contributed by atoms with Gasteiger partial charge in [0.15, 0.2) is 0 Å². The van der Waals surface area contributed by atoms with Crippen molar-refractivity contribution in [3.05, 3.63) is 18.5 Å². The topological polar surface area (TPSA) is 36.2 Å². The van der Waals surface area contributed by atoms with Crippen molar-refractivity contribution in [2.24, 2.45) is 5.11 Å². The third-order valence-corrected chi connectivity index (χ3v) is 0.156. The van der Waals surface area contributed by atoms with Gasteiger partial charge in [0.05, 0.1) is 6.20 Å². The molecule has 0 aromatic rings. The average molecular weight is 68.1 g/mol. The van der Waals surface area contributed by atoms with E-state index in [1.165, 1.54) is 6.20 Å². The minimum atomic E-state index is 1.18. The van der Waals surface area contributed by atoms with Crippen molar-refractivity contribution >= 4 is 0 Å². The van der Waals surface area contributed by atoms with E-state index in [9.17, 15) is 0 Å². The minimum absolute atomic E-state index is 1.18. The van der Waals surface area contributed by atoms with Crippen molar-refractivity contribution in [2.75, 3.05) is 0 Å². The lowest BCUT2D eigenvalue weighted by Crippen LogP contribution is -1.26. The molecule has 0 heterocycles. The monoisotopic (exact) mass is 68.0 g/mol. The van der Waals surface area contributed by atoms with Gasteiger partial charge in [-0.2, -0.15) is 5.11 Å². The maximum Gasteiger partial charge on any atom is 0.0901 e. The second-order valence-corrected chi connectivity index (χ2v) is 0.462. The first-order valence-corrected chi connectivity index (χ1v) is 1.12. The summed E-state index contributed by atoms with van der Waals surface area (Å²) >= 11 is 0. The van der Waals surface area contributed by atoms with E-state index in [4.69, 9.17) is 5.53 Å². The van der Waals surface area contributed by atoms with Crippen LogP contribution in [0.5, 0.6) is 0 Å². The molecule has 0 radical (unpaired) electrons. The van der Waals surface area contributed by atoms with E-state index in [-0.39, 0.29) is 0 Å². The van der Waals surface area contributed by atoms with Crippen molar-refractivity contribution < 1.29 is 0 Å². The minimum Gasteiger partial charge on any atom is -0.204 e. The fourth-order valence-corrected chi connectivity index (χ4v) is 0.0456. The summed E-state index contributed by atoms with van der Waals surface area (Å²) in [5, 5.41) is 2.81. The smallest absolute Gasteiger partial charge is 0.0901 e. The van der Waals surface area contributed by atoms with Crippen molar-refractivity contribution in [3.8, 4) is 0 Å². The Balaban J connectivity index is 3.31. The lowest BCUT2D eigenvalue weighted by Gasteiger charge is -1.48. The summed E-state index contributed by atoms with van der Waals surface area (Å²) < 4.78 is 0. The zero-order valence-corrected chi connectivity index (χ0v) is 2.73. The highest BCUT2D eigenvalue weighted by Gasteiger charge is 1.37. The highest BCUT2D eigenvalue weighted by atomic mass is 14.9. The molecule has 0 aliphatic rings. The lowest BCUT2D eigenvalue weighted by molar-refractivity contribution is 1.14. The molecule has 0 spiro atoms. The van der Waals surface area contributed by atoms with Crippen LogP contribution in [0.3, 0.4) is 0 Å². The summed E-state index contributed by atoms with van der Waals surface area (Å²) in [6.07, 6.45) is 1.18. The zero-order chi connectivity index (χ0) is 4.12. The molecule has 1 N–H and O–H groups in total. The summed E-state index contributed by atoms with van der Waals surface area (Å²) in [4.78, 5) is 0. The van der Waals surface area contributed by atoms with Gasteiger partial charge in [-0.1, -0.05) is 6.58 Å². The first-order chi connectivity index (χ1) is 2.41. The van der Waals surface area contributed by atoms with Crippen LogP contribution in [0.2, 0.25) is 0 Å². The Hall–Kier alpha value is -0.880. The SMILES string of the molecule is C=C=CN=N. The van der Waals surface area contributed by atoms with Crippen LogP contribution in [0.25, 0.3) is 0 Å². The molecule has 0 bridgehead atoms. The van der Waals surface area contributed by atoms with E-state index >= 15 is 0 Å². The molecule has 0 fully saturated rings. The molecule has 0 rings (SSSR count). The second kappa shape index (κ2) is 3.12. The van der Waals surface area contributed by atoms with Gasteiger partial charge in [0.2, 0.25) is 0 Å². The van der Waals surface area contributed by atoms with E-state index < -0.39 is 0 Å². The van der Waals surface area contributed by atoms with Crippen molar-refractivity contribution in [2.45, 2.75) is 0 Å². The fourth-order valence-electron chi connectivity index (χ4n) is 0.0456. The molecular formula is C3H4N2. The molecule has 0 aromatic carbocycles. The Kier molecular flexibility index (Phi) is 2.57. The molecule has 0 saturated carbocycles. The largest absolute Gasteiger partial charge is 0.204 e. The molecular weight excluding hydrogens is 64.0 g/mol. The molecule has 5 heavy (non-hydrogen) atoms. The van der Waals surface area contributed by atoms with Crippen LogP contribution in [0, 0.1) is 5.53 Å². The maximum atomic E-state index is 6.07. The lowest BCUT2D eigenvalue weighted by atomic mass is 10.9. The van der Waals surface area contributed by atoms with Gasteiger partial charge in [-0.25, -0.2) is 5.53 Å². The molecule has 0 aliphatic carbocycles. The predicted octanol–water partition coefficient (Wildman–Crippen LogP) is 1.32. The number of rotatable bonds is 1.